The van der Waals surface area contributed by atoms with Crippen molar-refractivity contribution in [3.05, 3.63) is 70.4 Å². The molecular formula is C19H21N3O. The third-order valence-electron chi connectivity index (χ3n) is 4.12. The van der Waals surface area contributed by atoms with Crippen molar-refractivity contribution in [1.82, 2.24) is 10.3 Å². The number of benzene rings is 2. The zero-order valence-corrected chi connectivity index (χ0v) is 13.4. The maximum absolute atomic E-state index is 12.5. The van der Waals surface area contributed by atoms with Gasteiger partial charge in [-0.1, -0.05) is 35.9 Å². The molecule has 0 aliphatic heterocycles. The van der Waals surface area contributed by atoms with Gasteiger partial charge in [0.1, 0.15) is 5.69 Å². The highest BCUT2D eigenvalue weighted by Gasteiger charge is 2.14. The number of hydrogen-bond donors (Lipinski definition) is 3. The van der Waals surface area contributed by atoms with E-state index >= 15 is 0 Å². The quantitative estimate of drug-likeness (QED) is 0.693. The molecule has 3 aromatic rings. The molecule has 0 atom stereocenters. The van der Waals surface area contributed by atoms with Crippen molar-refractivity contribution in [2.75, 3.05) is 0 Å². The van der Waals surface area contributed by atoms with Gasteiger partial charge in [-0.05, 0) is 42.7 Å². The van der Waals surface area contributed by atoms with Gasteiger partial charge in [0, 0.05) is 24.0 Å². The number of aromatic nitrogens is 1. The zero-order chi connectivity index (χ0) is 16.4. The van der Waals surface area contributed by atoms with Crippen LogP contribution in [0.1, 0.15) is 32.7 Å². The molecule has 1 amide bonds. The van der Waals surface area contributed by atoms with E-state index in [1.807, 2.05) is 43.3 Å². The van der Waals surface area contributed by atoms with Crippen LogP contribution >= 0.6 is 0 Å². The second-order valence-corrected chi connectivity index (χ2v) is 5.88. The van der Waals surface area contributed by atoms with Gasteiger partial charge in [-0.15, -0.1) is 0 Å². The Labute approximate surface area is 135 Å². The number of carbonyl (C=O) groups is 1. The first-order valence-corrected chi connectivity index (χ1v) is 7.73. The van der Waals surface area contributed by atoms with Crippen LogP contribution in [0.5, 0.6) is 0 Å². The lowest BCUT2D eigenvalue weighted by atomic mass is 10.1. The molecule has 4 heteroatoms. The van der Waals surface area contributed by atoms with E-state index in [0.717, 1.165) is 27.6 Å². The lowest BCUT2D eigenvalue weighted by Crippen LogP contribution is -2.23. The molecule has 1 aromatic heterocycles. The predicted octanol–water partition coefficient (Wildman–Crippen LogP) is 3.17. The predicted molar refractivity (Wildman–Crippen MR) is 93.3 cm³/mol. The van der Waals surface area contributed by atoms with Crippen molar-refractivity contribution in [3.63, 3.8) is 0 Å². The number of carbonyl (C=O) groups excluding carboxylic acids is 1. The first kappa shape index (κ1) is 15.3. The molecule has 0 spiro atoms. The molecule has 0 aliphatic rings. The van der Waals surface area contributed by atoms with Gasteiger partial charge in [-0.25, -0.2) is 0 Å². The second kappa shape index (κ2) is 6.26. The Kier molecular flexibility index (Phi) is 4.17. The molecule has 1 heterocycles. The summed E-state index contributed by atoms with van der Waals surface area (Å²) in [6.07, 6.45) is 0. The second-order valence-electron chi connectivity index (χ2n) is 5.88. The van der Waals surface area contributed by atoms with Gasteiger partial charge in [0.15, 0.2) is 0 Å². The summed E-state index contributed by atoms with van der Waals surface area (Å²) >= 11 is 0. The van der Waals surface area contributed by atoms with Gasteiger partial charge in [0.2, 0.25) is 0 Å². The minimum atomic E-state index is -0.0884. The van der Waals surface area contributed by atoms with Crippen LogP contribution in [0.15, 0.2) is 42.5 Å². The standard InChI is InChI=1S/C19H21N3O/c1-12-6-7-17-16(8-12)13(2)18(22-17)19(23)21-11-15-5-3-4-14(9-15)10-20/h3-9,22H,10-11,20H2,1-2H3,(H,21,23). The highest BCUT2D eigenvalue weighted by molar-refractivity contribution is 6.00. The lowest BCUT2D eigenvalue weighted by Gasteiger charge is -2.06. The van der Waals surface area contributed by atoms with Crippen molar-refractivity contribution in [2.24, 2.45) is 5.73 Å². The number of fused-ring (bicyclic) bond motifs is 1. The van der Waals surface area contributed by atoms with Crippen LogP contribution in [-0.2, 0) is 13.1 Å². The SMILES string of the molecule is Cc1ccc2[nH]c(C(=O)NCc3cccc(CN)c3)c(C)c2c1. The maximum Gasteiger partial charge on any atom is 0.268 e. The molecule has 0 aliphatic carbocycles. The first-order chi connectivity index (χ1) is 11.1. The largest absolute Gasteiger partial charge is 0.350 e. The number of H-pyrrole nitrogens is 1. The minimum Gasteiger partial charge on any atom is -0.350 e. The normalized spacial score (nSPS) is 10.9. The summed E-state index contributed by atoms with van der Waals surface area (Å²) in [5.41, 5.74) is 11.5. The number of nitrogens with two attached hydrogens (primary N) is 1. The molecule has 118 valence electrons. The molecule has 0 bridgehead atoms. The van der Waals surface area contributed by atoms with Crippen molar-refractivity contribution in [2.45, 2.75) is 26.9 Å². The molecular weight excluding hydrogens is 286 g/mol. The number of amides is 1. The van der Waals surface area contributed by atoms with Crippen LogP contribution in [0.2, 0.25) is 0 Å². The van der Waals surface area contributed by atoms with E-state index in [4.69, 9.17) is 5.73 Å². The Morgan fingerprint density at radius 2 is 1.91 bits per heavy atom. The van der Waals surface area contributed by atoms with E-state index in [2.05, 4.69) is 23.3 Å². The van der Waals surface area contributed by atoms with Crippen molar-refractivity contribution in [3.8, 4) is 0 Å². The molecule has 2 aromatic carbocycles. The zero-order valence-electron chi connectivity index (χ0n) is 13.4. The summed E-state index contributed by atoms with van der Waals surface area (Å²) in [7, 11) is 0. The molecule has 0 saturated carbocycles. The Balaban J connectivity index is 1.79. The number of rotatable bonds is 4. The third-order valence-corrected chi connectivity index (χ3v) is 4.12. The van der Waals surface area contributed by atoms with Gasteiger partial charge in [-0.2, -0.15) is 0 Å². The monoisotopic (exact) mass is 307 g/mol. The first-order valence-electron chi connectivity index (χ1n) is 7.73. The van der Waals surface area contributed by atoms with Gasteiger partial charge >= 0.3 is 0 Å². The molecule has 4 N–H and O–H groups in total. The smallest absolute Gasteiger partial charge is 0.268 e. The van der Waals surface area contributed by atoms with E-state index in [0.29, 0.717) is 18.8 Å². The number of nitrogens with one attached hydrogen (secondary N) is 2. The molecule has 0 radical (unpaired) electrons. The average molecular weight is 307 g/mol. The number of aryl methyl sites for hydroxylation is 2. The Morgan fingerprint density at radius 3 is 2.70 bits per heavy atom. The van der Waals surface area contributed by atoms with E-state index < -0.39 is 0 Å². The highest BCUT2D eigenvalue weighted by Crippen LogP contribution is 2.22. The Hall–Kier alpha value is -2.59. The molecule has 3 rings (SSSR count). The van der Waals surface area contributed by atoms with Crippen LogP contribution < -0.4 is 11.1 Å². The summed E-state index contributed by atoms with van der Waals surface area (Å²) in [5.74, 6) is -0.0884. The van der Waals surface area contributed by atoms with Crippen LogP contribution in [0.4, 0.5) is 0 Å². The van der Waals surface area contributed by atoms with Gasteiger partial charge in [-0.3, -0.25) is 4.79 Å². The Morgan fingerprint density at radius 1 is 1.13 bits per heavy atom. The third kappa shape index (κ3) is 3.12. The summed E-state index contributed by atoms with van der Waals surface area (Å²) in [5, 5.41) is 4.07. The fourth-order valence-electron chi connectivity index (χ4n) is 2.80. The summed E-state index contributed by atoms with van der Waals surface area (Å²) in [6, 6.07) is 14.1. The van der Waals surface area contributed by atoms with Crippen molar-refractivity contribution in [1.29, 1.82) is 0 Å². The van der Waals surface area contributed by atoms with Crippen LogP contribution in [0, 0.1) is 13.8 Å². The van der Waals surface area contributed by atoms with Crippen molar-refractivity contribution >= 4 is 16.8 Å². The fourth-order valence-corrected chi connectivity index (χ4v) is 2.80. The van der Waals surface area contributed by atoms with Crippen LogP contribution in [-0.4, -0.2) is 10.9 Å². The lowest BCUT2D eigenvalue weighted by molar-refractivity contribution is 0.0946. The maximum atomic E-state index is 12.5. The topological polar surface area (TPSA) is 70.9 Å². The van der Waals surface area contributed by atoms with E-state index in [-0.39, 0.29) is 5.91 Å². The van der Waals surface area contributed by atoms with Gasteiger partial charge < -0.3 is 16.0 Å². The number of hydrogen-bond acceptors (Lipinski definition) is 2. The molecule has 4 nitrogen and oxygen atoms in total. The fraction of sp³-hybridized carbons (Fsp3) is 0.211. The molecule has 0 saturated heterocycles. The highest BCUT2D eigenvalue weighted by atomic mass is 16.1. The summed E-state index contributed by atoms with van der Waals surface area (Å²) in [4.78, 5) is 15.7. The summed E-state index contributed by atoms with van der Waals surface area (Å²) in [6.45, 7) is 5.01. The van der Waals surface area contributed by atoms with E-state index in [1.165, 1.54) is 5.56 Å². The van der Waals surface area contributed by atoms with Crippen LogP contribution in [0.25, 0.3) is 10.9 Å². The van der Waals surface area contributed by atoms with Gasteiger partial charge in [0.25, 0.3) is 5.91 Å². The average Bonchev–Trinajstić information content (AvgIpc) is 2.89. The van der Waals surface area contributed by atoms with Crippen molar-refractivity contribution < 1.29 is 4.79 Å². The molecule has 0 unspecified atom stereocenters. The van der Waals surface area contributed by atoms with E-state index in [1.54, 1.807) is 0 Å². The van der Waals surface area contributed by atoms with Gasteiger partial charge in [0.05, 0.1) is 0 Å². The molecule has 0 fully saturated rings. The number of aromatic amines is 1. The summed E-state index contributed by atoms with van der Waals surface area (Å²) < 4.78 is 0. The molecule has 23 heavy (non-hydrogen) atoms. The minimum absolute atomic E-state index is 0.0884. The van der Waals surface area contributed by atoms with E-state index in [9.17, 15) is 4.79 Å². The van der Waals surface area contributed by atoms with Crippen LogP contribution in [0.3, 0.4) is 0 Å². The Bertz CT molecular complexity index is 864.